The van der Waals surface area contributed by atoms with E-state index in [0.717, 1.165) is 18.4 Å². The molecule has 0 unspecified atom stereocenters. The van der Waals surface area contributed by atoms with Gasteiger partial charge in [0.05, 0.1) is 0 Å². The van der Waals surface area contributed by atoms with Crippen LogP contribution in [-0.4, -0.2) is 26.0 Å². The van der Waals surface area contributed by atoms with Crippen molar-refractivity contribution < 1.29 is 4.79 Å². The fourth-order valence-electron chi connectivity index (χ4n) is 3.02. The molecule has 0 aliphatic heterocycles. The van der Waals surface area contributed by atoms with Crippen LogP contribution in [0.2, 0.25) is 5.02 Å². The molecule has 5 nitrogen and oxygen atoms in total. The summed E-state index contributed by atoms with van der Waals surface area (Å²) in [5.41, 5.74) is 4.12. The highest BCUT2D eigenvalue weighted by molar-refractivity contribution is 6.30. The maximum Gasteiger partial charge on any atom is 0.204 e. The van der Waals surface area contributed by atoms with E-state index in [9.17, 15) is 4.79 Å². The SMILES string of the molecule is O=C(Cn1nnc(-c2cccc(Cl)c2)n1)c1ccc2c(c1)CCC2. The zero-order chi connectivity index (χ0) is 16.5. The quantitative estimate of drug-likeness (QED) is 0.684. The van der Waals surface area contributed by atoms with Crippen molar-refractivity contribution in [1.29, 1.82) is 0 Å². The Morgan fingerprint density at radius 3 is 2.88 bits per heavy atom. The van der Waals surface area contributed by atoms with Gasteiger partial charge in [0.2, 0.25) is 5.82 Å². The number of hydrogen-bond acceptors (Lipinski definition) is 4. The molecule has 120 valence electrons. The molecule has 1 heterocycles. The molecule has 0 saturated carbocycles. The molecule has 1 aliphatic rings. The predicted molar refractivity (Wildman–Crippen MR) is 91.1 cm³/mol. The molecule has 0 fully saturated rings. The minimum Gasteiger partial charge on any atom is -0.292 e. The summed E-state index contributed by atoms with van der Waals surface area (Å²) in [4.78, 5) is 13.8. The molecule has 0 radical (unpaired) electrons. The van der Waals surface area contributed by atoms with Crippen LogP contribution in [-0.2, 0) is 19.4 Å². The third kappa shape index (κ3) is 2.95. The van der Waals surface area contributed by atoms with E-state index in [4.69, 9.17) is 11.6 Å². The van der Waals surface area contributed by atoms with Crippen LogP contribution < -0.4 is 0 Å². The smallest absolute Gasteiger partial charge is 0.204 e. The molecule has 24 heavy (non-hydrogen) atoms. The van der Waals surface area contributed by atoms with Gasteiger partial charge in [0.25, 0.3) is 0 Å². The van der Waals surface area contributed by atoms with Crippen LogP contribution in [0.25, 0.3) is 11.4 Å². The Morgan fingerprint density at radius 2 is 2.00 bits per heavy atom. The van der Waals surface area contributed by atoms with Crippen molar-refractivity contribution >= 4 is 17.4 Å². The van der Waals surface area contributed by atoms with Crippen LogP contribution in [0, 0.1) is 0 Å². The Labute approximate surface area is 144 Å². The highest BCUT2D eigenvalue weighted by atomic mass is 35.5. The van der Waals surface area contributed by atoms with Crippen molar-refractivity contribution in [3.8, 4) is 11.4 Å². The maximum absolute atomic E-state index is 12.5. The van der Waals surface area contributed by atoms with Gasteiger partial charge < -0.3 is 0 Å². The number of nitrogens with zero attached hydrogens (tertiary/aromatic N) is 4. The number of aromatic nitrogens is 4. The van der Waals surface area contributed by atoms with Crippen molar-refractivity contribution in [2.24, 2.45) is 0 Å². The van der Waals surface area contributed by atoms with Crippen LogP contribution in [0.3, 0.4) is 0 Å². The molecule has 2 aromatic carbocycles. The zero-order valence-corrected chi connectivity index (χ0v) is 13.7. The lowest BCUT2D eigenvalue weighted by Crippen LogP contribution is -2.13. The van der Waals surface area contributed by atoms with E-state index in [2.05, 4.69) is 21.5 Å². The number of fused-ring (bicyclic) bond motifs is 1. The standard InChI is InChI=1S/C18H15ClN4O/c19-16-6-2-5-15(10-16)18-20-22-23(21-18)11-17(24)14-8-7-12-3-1-4-13(12)9-14/h2,5-10H,1,3-4,11H2. The van der Waals surface area contributed by atoms with Gasteiger partial charge in [-0.3, -0.25) is 4.79 Å². The highest BCUT2D eigenvalue weighted by Gasteiger charge is 2.15. The minimum absolute atomic E-state index is 0.0141. The van der Waals surface area contributed by atoms with Gasteiger partial charge in [-0.1, -0.05) is 35.9 Å². The largest absolute Gasteiger partial charge is 0.292 e. The molecule has 0 atom stereocenters. The molecule has 0 amide bonds. The van der Waals surface area contributed by atoms with Gasteiger partial charge in [0.1, 0.15) is 6.54 Å². The highest BCUT2D eigenvalue weighted by Crippen LogP contribution is 2.23. The van der Waals surface area contributed by atoms with Gasteiger partial charge in [-0.05, 0) is 53.8 Å². The number of Topliss-reactive ketones (excluding diaryl/α,β-unsaturated/α-hetero) is 1. The molecule has 3 aromatic rings. The Hall–Kier alpha value is -2.53. The number of hydrogen-bond donors (Lipinski definition) is 0. The van der Waals surface area contributed by atoms with Gasteiger partial charge in [-0.25, -0.2) is 0 Å². The number of halogens is 1. The normalized spacial score (nSPS) is 13.0. The van der Waals surface area contributed by atoms with E-state index in [0.29, 0.717) is 16.4 Å². The predicted octanol–water partition coefficient (Wildman–Crippen LogP) is 3.37. The monoisotopic (exact) mass is 338 g/mol. The first-order valence-electron chi connectivity index (χ1n) is 7.88. The lowest BCUT2D eigenvalue weighted by Gasteiger charge is -2.03. The van der Waals surface area contributed by atoms with E-state index in [-0.39, 0.29) is 12.3 Å². The van der Waals surface area contributed by atoms with Gasteiger partial charge >= 0.3 is 0 Å². The lowest BCUT2D eigenvalue weighted by atomic mass is 10.0. The van der Waals surface area contributed by atoms with Gasteiger partial charge in [0, 0.05) is 16.1 Å². The number of aryl methyl sites for hydroxylation is 2. The molecule has 0 bridgehead atoms. The van der Waals surface area contributed by atoms with E-state index < -0.39 is 0 Å². The number of ketones is 1. The number of carbonyl (C=O) groups excluding carboxylic acids is 1. The summed E-state index contributed by atoms with van der Waals surface area (Å²) in [6.45, 7) is 0.0757. The second-order valence-corrected chi connectivity index (χ2v) is 6.35. The first kappa shape index (κ1) is 15.0. The minimum atomic E-state index is -0.0141. The summed E-state index contributed by atoms with van der Waals surface area (Å²) in [5.74, 6) is 0.444. The maximum atomic E-state index is 12.5. The summed E-state index contributed by atoms with van der Waals surface area (Å²) >= 11 is 5.98. The van der Waals surface area contributed by atoms with E-state index in [1.807, 2.05) is 24.3 Å². The first-order valence-corrected chi connectivity index (χ1v) is 8.25. The Bertz CT molecular complexity index is 919. The molecule has 1 aliphatic carbocycles. The summed E-state index contributed by atoms with van der Waals surface area (Å²) in [7, 11) is 0. The summed E-state index contributed by atoms with van der Waals surface area (Å²) in [5, 5.41) is 12.9. The van der Waals surface area contributed by atoms with Crippen LogP contribution in [0.4, 0.5) is 0 Å². The molecule has 6 heteroatoms. The van der Waals surface area contributed by atoms with Crippen LogP contribution >= 0.6 is 11.6 Å². The third-order valence-electron chi connectivity index (χ3n) is 4.24. The molecule has 0 saturated heterocycles. The van der Waals surface area contributed by atoms with Crippen molar-refractivity contribution in [2.75, 3.05) is 0 Å². The number of benzene rings is 2. The average Bonchev–Trinajstić information content (AvgIpc) is 3.23. The summed E-state index contributed by atoms with van der Waals surface area (Å²) in [6, 6.07) is 13.2. The van der Waals surface area contributed by atoms with Crippen LogP contribution in [0.5, 0.6) is 0 Å². The van der Waals surface area contributed by atoms with Crippen LogP contribution in [0.15, 0.2) is 42.5 Å². The molecular formula is C18H15ClN4O. The number of carbonyl (C=O) groups is 1. The summed E-state index contributed by atoms with van der Waals surface area (Å²) < 4.78 is 0. The Balaban J connectivity index is 1.52. The average molecular weight is 339 g/mol. The Kier molecular flexibility index (Phi) is 3.86. The fourth-order valence-corrected chi connectivity index (χ4v) is 3.21. The molecule has 4 rings (SSSR count). The van der Waals surface area contributed by atoms with Crippen LogP contribution in [0.1, 0.15) is 27.9 Å². The fraction of sp³-hybridized carbons (Fsp3) is 0.222. The van der Waals surface area contributed by atoms with E-state index >= 15 is 0 Å². The number of tetrazole rings is 1. The summed E-state index contributed by atoms with van der Waals surface area (Å²) in [6.07, 6.45) is 3.33. The molecule has 1 aromatic heterocycles. The molecule has 0 N–H and O–H groups in total. The second kappa shape index (κ2) is 6.17. The lowest BCUT2D eigenvalue weighted by molar-refractivity contribution is 0.0961. The Morgan fingerprint density at radius 1 is 1.12 bits per heavy atom. The van der Waals surface area contributed by atoms with Gasteiger partial charge in [-0.15, -0.1) is 10.2 Å². The van der Waals surface area contributed by atoms with Gasteiger partial charge in [0.15, 0.2) is 5.78 Å². The van der Waals surface area contributed by atoms with E-state index in [1.54, 1.807) is 12.1 Å². The van der Waals surface area contributed by atoms with Gasteiger partial charge in [-0.2, -0.15) is 4.80 Å². The van der Waals surface area contributed by atoms with Crippen molar-refractivity contribution in [1.82, 2.24) is 20.2 Å². The zero-order valence-electron chi connectivity index (χ0n) is 12.9. The first-order chi connectivity index (χ1) is 11.7. The third-order valence-corrected chi connectivity index (χ3v) is 4.48. The van der Waals surface area contributed by atoms with E-state index in [1.165, 1.54) is 22.3 Å². The van der Waals surface area contributed by atoms with Crippen molar-refractivity contribution in [3.05, 3.63) is 64.2 Å². The van der Waals surface area contributed by atoms with Crippen molar-refractivity contribution in [3.63, 3.8) is 0 Å². The molecule has 0 spiro atoms. The number of rotatable bonds is 4. The second-order valence-electron chi connectivity index (χ2n) is 5.91. The molecular weight excluding hydrogens is 324 g/mol. The topological polar surface area (TPSA) is 60.7 Å². The van der Waals surface area contributed by atoms with Crippen molar-refractivity contribution in [2.45, 2.75) is 25.8 Å².